The largest absolute Gasteiger partial charge is 0.478 e. The van der Waals surface area contributed by atoms with Gasteiger partial charge in [-0.15, -0.1) is 0 Å². The number of carboxylic acid groups (broad SMARTS) is 1. The minimum absolute atomic E-state index is 0.204. The van der Waals surface area contributed by atoms with Gasteiger partial charge in [-0.25, -0.2) is 9.78 Å². The van der Waals surface area contributed by atoms with E-state index in [2.05, 4.69) is 9.97 Å². The van der Waals surface area contributed by atoms with E-state index in [0.29, 0.717) is 15.6 Å². The monoisotopic (exact) mass is 247 g/mol. The summed E-state index contributed by atoms with van der Waals surface area (Å²) in [6.45, 7) is 0. The Morgan fingerprint density at radius 1 is 1.35 bits per heavy atom. The number of rotatable bonds is 3. The summed E-state index contributed by atoms with van der Waals surface area (Å²) in [6, 6.07) is 4.66. The molecular formula is C11H9N3O2S. The molecule has 0 bridgehead atoms. The first-order valence-electron chi connectivity index (χ1n) is 4.73. The fourth-order valence-corrected chi connectivity index (χ4v) is 2.16. The van der Waals surface area contributed by atoms with E-state index in [9.17, 15) is 4.79 Å². The van der Waals surface area contributed by atoms with E-state index in [4.69, 9.17) is 10.8 Å². The molecule has 3 N–H and O–H groups in total. The first kappa shape index (κ1) is 11.4. The molecule has 0 aliphatic heterocycles. The van der Waals surface area contributed by atoms with Crippen molar-refractivity contribution in [1.29, 1.82) is 0 Å². The molecule has 17 heavy (non-hydrogen) atoms. The van der Waals surface area contributed by atoms with Crippen molar-refractivity contribution in [3.05, 3.63) is 42.4 Å². The highest BCUT2D eigenvalue weighted by molar-refractivity contribution is 7.99. The molecule has 0 saturated carbocycles. The van der Waals surface area contributed by atoms with Crippen LogP contribution in [0, 0.1) is 0 Å². The lowest BCUT2D eigenvalue weighted by Gasteiger charge is -2.05. The third kappa shape index (κ3) is 2.73. The van der Waals surface area contributed by atoms with Gasteiger partial charge in [0.05, 0.1) is 11.8 Å². The van der Waals surface area contributed by atoms with Crippen LogP contribution in [0.2, 0.25) is 0 Å². The Morgan fingerprint density at radius 2 is 2.18 bits per heavy atom. The number of nitrogens with two attached hydrogens (primary N) is 1. The van der Waals surface area contributed by atoms with Gasteiger partial charge in [-0.3, -0.25) is 4.98 Å². The van der Waals surface area contributed by atoms with Crippen molar-refractivity contribution in [2.75, 3.05) is 5.73 Å². The predicted octanol–water partition coefficient (Wildman–Crippen LogP) is 1.91. The van der Waals surface area contributed by atoms with Crippen molar-refractivity contribution in [1.82, 2.24) is 9.97 Å². The van der Waals surface area contributed by atoms with Gasteiger partial charge in [0.1, 0.15) is 5.03 Å². The Bertz CT molecular complexity index is 546. The molecule has 2 rings (SSSR count). The molecule has 0 aliphatic carbocycles. The lowest BCUT2D eigenvalue weighted by molar-refractivity contribution is 0.0693. The van der Waals surface area contributed by atoms with Gasteiger partial charge >= 0.3 is 5.97 Å². The van der Waals surface area contributed by atoms with Crippen LogP contribution in [0.25, 0.3) is 0 Å². The first-order chi connectivity index (χ1) is 8.16. The summed E-state index contributed by atoms with van der Waals surface area (Å²) in [5.41, 5.74) is 6.36. The molecule has 0 saturated heterocycles. The Balaban J connectivity index is 2.37. The summed E-state index contributed by atoms with van der Waals surface area (Å²) >= 11 is 1.22. The summed E-state index contributed by atoms with van der Waals surface area (Å²) in [4.78, 5) is 19.6. The number of anilines is 1. The summed E-state index contributed by atoms with van der Waals surface area (Å²) in [5.74, 6) is -0.989. The standard InChI is InChI=1S/C11H9N3O2S/c12-7-1-2-8(11(15)16)9(5-7)17-10-6-13-3-4-14-10/h1-6H,12H2,(H,15,16). The van der Waals surface area contributed by atoms with E-state index in [1.54, 1.807) is 30.7 Å². The number of carbonyl (C=O) groups is 1. The molecule has 1 aromatic carbocycles. The lowest BCUT2D eigenvalue weighted by Crippen LogP contribution is -2.00. The van der Waals surface area contributed by atoms with Gasteiger partial charge in [0, 0.05) is 23.0 Å². The molecule has 0 atom stereocenters. The molecule has 0 unspecified atom stereocenters. The number of carboxylic acids is 1. The second kappa shape index (κ2) is 4.84. The molecule has 1 aromatic heterocycles. The zero-order chi connectivity index (χ0) is 12.3. The smallest absolute Gasteiger partial charge is 0.336 e. The highest BCUT2D eigenvalue weighted by Crippen LogP contribution is 2.30. The van der Waals surface area contributed by atoms with Crippen molar-refractivity contribution < 1.29 is 9.90 Å². The lowest BCUT2D eigenvalue weighted by atomic mass is 10.2. The van der Waals surface area contributed by atoms with Gasteiger partial charge in [0.2, 0.25) is 0 Å². The van der Waals surface area contributed by atoms with Crippen LogP contribution in [0.15, 0.2) is 46.7 Å². The third-order valence-electron chi connectivity index (χ3n) is 1.99. The quantitative estimate of drug-likeness (QED) is 0.805. The van der Waals surface area contributed by atoms with Crippen LogP contribution < -0.4 is 5.73 Å². The van der Waals surface area contributed by atoms with Gasteiger partial charge in [-0.1, -0.05) is 11.8 Å². The van der Waals surface area contributed by atoms with Crippen LogP contribution in [0.4, 0.5) is 5.69 Å². The highest BCUT2D eigenvalue weighted by atomic mass is 32.2. The minimum atomic E-state index is -0.989. The average Bonchev–Trinajstić information content (AvgIpc) is 2.30. The maximum atomic E-state index is 11.0. The van der Waals surface area contributed by atoms with Gasteiger partial charge in [-0.05, 0) is 18.2 Å². The molecule has 0 aliphatic rings. The van der Waals surface area contributed by atoms with Gasteiger partial charge in [-0.2, -0.15) is 0 Å². The van der Waals surface area contributed by atoms with E-state index >= 15 is 0 Å². The van der Waals surface area contributed by atoms with Crippen LogP contribution in [0.1, 0.15) is 10.4 Å². The maximum Gasteiger partial charge on any atom is 0.336 e. The summed E-state index contributed by atoms with van der Waals surface area (Å²) in [5, 5.41) is 9.67. The molecule has 6 heteroatoms. The number of nitrogen functional groups attached to an aromatic ring is 1. The summed E-state index contributed by atoms with van der Waals surface area (Å²) < 4.78 is 0. The van der Waals surface area contributed by atoms with Gasteiger partial charge < -0.3 is 10.8 Å². The third-order valence-corrected chi connectivity index (χ3v) is 2.97. The number of aromatic carboxylic acids is 1. The zero-order valence-corrected chi connectivity index (χ0v) is 9.52. The van der Waals surface area contributed by atoms with Gasteiger partial charge in [0.15, 0.2) is 0 Å². The molecule has 5 nitrogen and oxygen atoms in total. The summed E-state index contributed by atoms with van der Waals surface area (Å²) in [7, 11) is 0. The molecular weight excluding hydrogens is 238 g/mol. The van der Waals surface area contributed by atoms with Crippen LogP contribution in [-0.2, 0) is 0 Å². The number of hydrogen-bond acceptors (Lipinski definition) is 5. The Hall–Kier alpha value is -2.08. The molecule has 0 spiro atoms. The van der Waals surface area contributed by atoms with Crippen LogP contribution >= 0.6 is 11.8 Å². The van der Waals surface area contributed by atoms with Crippen LogP contribution in [0.3, 0.4) is 0 Å². The molecule has 0 amide bonds. The maximum absolute atomic E-state index is 11.0. The van der Waals surface area contributed by atoms with Crippen LogP contribution in [-0.4, -0.2) is 21.0 Å². The van der Waals surface area contributed by atoms with E-state index in [-0.39, 0.29) is 5.56 Å². The molecule has 86 valence electrons. The highest BCUT2D eigenvalue weighted by Gasteiger charge is 2.11. The molecule has 0 fully saturated rings. The van der Waals surface area contributed by atoms with E-state index < -0.39 is 5.97 Å². The second-order valence-corrected chi connectivity index (χ2v) is 4.27. The van der Waals surface area contributed by atoms with Crippen molar-refractivity contribution in [2.45, 2.75) is 9.92 Å². The van der Waals surface area contributed by atoms with E-state index in [1.807, 2.05) is 0 Å². The van der Waals surface area contributed by atoms with Gasteiger partial charge in [0.25, 0.3) is 0 Å². The van der Waals surface area contributed by atoms with Crippen molar-refractivity contribution in [2.24, 2.45) is 0 Å². The van der Waals surface area contributed by atoms with Crippen LogP contribution in [0.5, 0.6) is 0 Å². The van der Waals surface area contributed by atoms with Crippen molar-refractivity contribution in [3.8, 4) is 0 Å². The number of hydrogen-bond donors (Lipinski definition) is 2. The fraction of sp³-hybridized carbons (Fsp3) is 0. The van der Waals surface area contributed by atoms with Crippen molar-refractivity contribution >= 4 is 23.4 Å². The average molecular weight is 247 g/mol. The number of nitrogens with zero attached hydrogens (tertiary/aromatic N) is 2. The Labute approximate surface area is 102 Å². The van der Waals surface area contributed by atoms with E-state index in [1.165, 1.54) is 17.8 Å². The normalized spacial score (nSPS) is 10.1. The summed E-state index contributed by atoms with van der Waals surface area (Å²) in [6.07, 6.45) is 4.68. The number of aromatic nitrogens is 2. The van der Waals surface area contributed by atoms with E-state index in [0.717, 1.165) is 0 Å². The minimum Gasteiger partial charge on any atom is -0.478 e. The second-order valence-electron chi connectivity index (χ2n) is 3.21. The Morgan fingerprint density at radius 3 is 2.82 bits per heavy atom. The molecule has 2 aromatic rings. The molecule has 0 radical (unpaired) electrons. The fourth-order valence-electron chi connectivity index (χ4n) is 1.25. The first-order valence-corrected chi connectivity index (χ1v) is 5.55. The topological polar surface area (TPSA) is 89.1 Å². The predicted molar refractivity (Wildman–Crippen MR) is 64.0 cm³/mol. The van der Waals surface area contributed by atoms with Crippen molar-refractivity contribution in [3.63, 3.8) is 0 Å². The Kier molecular flexibility index (Phi) is 3.24. The zero-order valence-electron chi connectivity index (χ0n) is 8.70. The molecule has 1 heterocycles. The SMILES string of the molecule is Nc1ccc(C(=O)O)c(Sc2cnccn2)c1. The number of benzene rings is 1.